The molecule has 2 rings (SSSR count). The van der Waals surface area contributed by atoms with Crippen LogP contribution in [0.4, 0.5) is 4.39 Å². The van der Waals surface area contributed by atoms with E-state index in [2.05, 4.69) is 5.32 Å². The Kier molecular flexibility index (Phi) is 3.86. The third-order valence-electron chi connectivity index (χ3n) is 2.43. The molecule has 78 valence electrons. The van der Waals surface area contributed by atoms with E-state index in [1.165, 1.54) is 6.07 Å². The van der Waals surface area contributed by atoms with E-state index in [-0.39, 0.29) is 24.3 Å². The Balaban J connectivity index is 0.000000980. The smallest absolute Gasteiger partial charge is 0.128 e. The zero-order valence-electron chi connectivity index (χ0n) is 7.61. The largest absolute Gasteiger partial charge is 0.391 e. The van der Waals surface area contributed by atoms with Crippen molar-refractivity contribution in [1.29, 1.82) is 0 Å². The van der Waals surface area contributed by atoms with Crippen LogP contribution in [-0.4, -0.2) is 17.8 Å². The van der Waals surface area contributed by atoms with E-state index in [1.54, 1.807) is 18.2 Å². The minimum Gasteiger partial charge on any atom is -0.391 e. The Morgan fingerprint density at radius 1 is 1.36 bits per heavy atom. The summed E-state index contributed by atoms with van der Waals surface area (Å²) in [6.45, 7) is 0.750. The molecular formula is C10H13ClFNO. The van der Waals surface area contributed by atoms with Crippen LogP contribution in [0, 0.1) is 5.82 Å². The van der Waals surface area contributed by atoms with Gasteiger partial charge in [0.2, 0.25) is 0 Å². The van der Waals surface area contributed by atoms with Crippen LogP contribution in [0.3, 0.4) is 0 Å². The fourth-order valence-corrected chi connectivity index (χ4v) is 1.73. The summed E-state index contributed by atoms with van der Waals surface area (Å²) in [5.41, 5.74) is 0.563. The standard InChI is InChI=1S/C10H12FNO.ClH/c11-8-4-2-1-3-7(8)10-9(13)5-6-12-10;/h1-4,9-10,12-13H,5-6H2;1H. The van der Waals surface area contributed by atoms with Crippen LogP contribution >= 0.6 is 12.4 Å². The SMILES string of the molecule is Cl.OC1CCNC1c1ccccc1F. The first-order valence-corrected chi connectivity index (χ1v) is 4.45. The molecule has 1 aromatic carbocycles. The molecule has 2 nitrogen and oxygen atoms in total. The number of nitrogens with one attached hydrogen (secondary N) is 1. The molecule has 2 N–H and O–H groups in total. The van der Waals surface area contributed by atoms with Crippen molar-refractivity contribution in [3.8, 4) is 0 Å². The molecule has 4 heteroatoms. The molecule has 0 radical (unpaired) electrons. The second kappa shape index (κ2) is 4.73. The first-order chi connectivity index (χ1) is 6.29. The maximum absolute atomic E-state index is 13.3. The Bertz CT molecular complexity index is 308. The summed E-state index contributed by atoms with van der Waals surface area (Å²) in [5.74, 6) is -0.249. The van der Waals surface area contributed by atoms with Crippen LogP contribution in [0.25, 0.3) is 0 Å². The van der Waals surface area contributed by atoms with Crippen molar-refractivity contribution in [2.75, 3.05) is 6.54 Å². The molecule has 0 amide bonds. The molecule has 0 spiro atoms. The average molecular weight is 218 g/mol. The van der Waals surface area contributed by atoms with Crippen molar-refractivity contribution in [3.63, 3.8) is 0 Å². The van der Waals surface area contributed by atoms with Crippen LogP contribution in [0.2, 0.25) is 0 Å². The lowest BCUT2D eigenvalue weighted by Gasteiger charge is -2.15. The topological polar surface area (TPSA) is 32.3 Å². The fourth-order valence-electron chi connectivity index (χ4n) is 1.73. The summed E-state index contributed by atoms with van der Waals surface area (Å²) < 4.78 is 13.3. The first-order valence-electron chi connectivity index (χ1n) is 4.45. The molecule has 1 heterocycles. The minimum atomic E-state index is -0.461. The summed E-state index contributed by atoms with van der Waals surface area (Å²) in [5, 5.41) is 12.6. The predicted molar refractivity (Wildman–Crippen MR) is 55.0 cm³/mol. The highest BCUT2D eigenvalue weighted by atomic mass is 35.5. The van der Waals surface area contributed by atoms with Gasteiger partial charge in [0, 0.05) is 5.56 Å². The van der Waals surface area contributed by atoms with E-state index in [0.717, 1.165) is 6.54 Å². The zero-order chi connectivity index (χ0) is 9.26. The van der Waals surface area contributed by atoms with E-state index in [9.17, 15) is 9.50 Å². The number of aliphatic hydroxyl groups excluding tert-OH is 1. The summed E-state index contributed by atoms with van der Waals surface area (Å²) in [6, 6.07) is 6.33. The maximum Gasteiger partial charge on any atom is 0.128 e. The van der Waals surface area contributed by atoms with Gasteiger partial charge in [-0.15, -0.1) is 12.4 Å². The van der Waals surface area contributed by atoms with Crippen molar-refractivity contribution in [1.82, 2.24) is 5.32 Å². The Morgan fingerprint density at radius 2 is 2.07 bits per heavy atom. The predicted octanol–water partition coefficient (Wildman–Crippen LogP) is 1.64. The van der Waals surface area contributed by atoms with E-state index >= 15 is 0 Å². The third kappa shape index (κ3) is 2.05. The number of halogens is 2. The van der Waals surface area contributed by atoms with Gasteiger partial charge in [-0.3, -0.25) is 0 Å². The van der Waals surface area contributed by atoms with Crippen LogP contribution < -0.4 is 5.32 Å². The molecule has 0 bridgehead atoms. The van der Waals surface area contributed by atoms with Gasteiger partial charge in [0.1, 0.15) is 5.82 Å². The lowest BCUT2D eigenvalue weighted by molar-refractivity contribution is 0.158. The highest BCUT2D eigenvalue weighted by Gasteiger charge is 2.27. The number of aliphatic hydroxyl groups is 1. The Hall–Kier alpha value is -0.640. The van der Waals surface area contributed by atoms with Crippen molar-refractivity contribution in [2.24, 2.45) is 0 Å². The maximum atomic E-state index is 13.3. The first kappa shape index (κ1) is 11.4. The molecule has 2 unspecified atom stereocenters. The number of hydrogen-bond acceptors (Lipinski definition) is 2. The Morgan fingerprint density at radius 3 is 2.64 bits per heavy atom. The van der Waals surface area contributed by atoms with Crippen molar-refractivity contribution >= 4 is 12.4 Å². The Labute approximate surface area is 88.5 Å². The third-order valence-corrected chi connectivity index (χ3v) is 2.43. The molecule has 0 saturated carbocycles. The van der Waals surface area contributed by atoms with Gasteiger partial charge in [-0.2, -0.15) is 0 Å². The average Bonchev–Trinajstić information content (AvgIpc) is 2.52. The van der Waals surface area contributed by atoms with Crippen LogP contribution in [0.1, 0.15) is 18.0 Å². The second-order valence-corrected chi connectivity index (χ2v) is 3.31. The summed E-state index contributed by atoms with van der Waals surface area (Å²) in [7, 11) is 0. The van der Waals surface area contributed by atoms with Gasteiger partial charge in [-0.25, -0.2) is 4.39 Å². The van der Waals surface area contributed by atoms with Gasteiger partial charge in [-0.05, 0) is 19.0 Å². The van der Waals surface area contributed by atoms with Gasteiger partial charge >= 0.3 is 0 Å². The molecule has 0 aromatic heterocycles. The molecule has 0 aliphatic carbocycles. The highest BCUT2D eigenvalue weighted by Crippen LogP contribution is 2.25. The molecule has 1 aromatic rings. The summed E-state index contributed by atoms with van der Waals surface area (Å²) in [6.07, 6.45) is 0.232. The molecule has 2 atom stereocenters. The van der Waals surface area contributed by atoms with Crippen LogP contribution in [-0.2, 0) is 0 Å². The molecule has 1 saturated heterocycles. The quantitative estimate of drug-likeness (QED) is 0.750. The van der Waals surface area contributed by atoms with E-state index in [1.807, 2.05) is 0 Å². The number of rotatable bonds is 1. The van der Waals surface area contributed by atoms with Crippen molar-refractivity contribution < 1.29 is 9.50 Å². The highest BCUT2D eigenvalue weighted by molar-refractivity contribution is 5.85. The lowest BCUT2D eigenvalue weighted by Crippen LogP contribution is -2.21. The summed E-state index contributed by atoms with van der Waals surface area (Å²) in [4.78, 5) is 0. The van der Waals surface area contributed by atoms with E-state index in [4.69, 9.17) is 0 Å². The van der Waals surface area contributed by atoms with Crippen LogP contribution in [0.5, 0.6) is 0 Å². The van der Waals surface area contributed by atoms with Crippen LogP contribution in [0.15, 0.2) is 24.3 Å². The van der Waals surface area contributed by atoms with E-state index < -0.39 is 6.10 Å². The summed E-state index contributed by atoms with van der Waals surface area (Å²) >= 11 is 0. The lowest BCUT2D eigenvalue weighted by atomic mass is 10.0. The molecular weight excluding hydrogens is 205 g/mol. The zero-order valence-corrected chi connectivity index (χ0v) is 8.43. The van der Waals surface area contributed by atoms with Crippen molar-refractivity contribution in [2.45, 2.75) is 18.6 Å². The van der Waals surface area contributed by atoms with Gasteiger partial charge in [-0.1, -0.05) is 18.2 Å². The monoisotopic (exact) mass is 217 g/mol. The molecule has 1 aliphatic rings. The van der Waals surface area contributed by atoms with Gasteiger partial charge in [0.05, 0.1) is 12.1 Å². The van der Waals surface area contributed by atoms with Gasteiger partial charge in [0.15, 0.2) is 0 Å². The molecule has 1 aliphatic heterocycles. The number of benzene rings is 1. The van der Waals surface area contributed by atoms with E-state index in [0.29, 0.717) is 12.0 Å². The second-order valence-electron chi connectivity index (χ2n) is 3.31. The minimum absolute atomic E-state index is 0. The number of hydrogen-bond donors (Lipinski definition) is 2. The van der Waals surface area contributed by atoms with Crippen molar-refractivity contribution in [3.05, 3.63) is 35.6 Å². The van der Waals surface area contributed by atoms with Gasteiger partial charge < -0.3 is 10.4 Å². The molecule has 14 heavy (non-hydrogen) atoms. The van der Waals surface area contributed by atoms with Gasteiger partial charge in [0.25, 0.3) is 0 Å². The fraction of sp³-hybridized carbons (Fsp3) is 0.400. The normalized spacial score (nSPS) is 25.9. The molecule has 1 fully saturated rings.